The smallest absolute Gasteiger partial charge is 0.128 e. The van der Waals surface area contributed by atoms with Gasteiger partial charge in [-0.05, 0) is 11.6 Å². The molecule has 1 aromatic heterocycles. The van der Waals surface area contributed by atoms with Gasteiger partial charge in [0.2, 0.25) is 0 Å². The maximum Gasteiger partial charge on any atom is 0.128 e. The Bertz CT molecular complexity index is 262. The molecule has 1 saturated heterocycles. The summed E-state index contributed by atoms with van der Waals surface area (Å²) in [7, 11) is 0. The average molecular weight is 175 g/mol. The van der Waals surface area contributed by atoms with Crippen molar-refractivity contribution in [1.29, 1.82) is 0 Å². The van der Waals surface area contributed by atoms with E-state index in [1.165, 1.54) is 0 Å². The molecule has 1 aliphatic heterocycles. The van der Waals surface area contributed by atoms with Gasteiger partial charge in [-0.1, -0.05) is 6.07 Å². The molecular formula is C10H13N3. The first-order valence-corrected chi connectivity index (χ1v) is 4.53. The zero-order chi connectivity index (χ0) is 9.10. The third-order valence-electron chi connectivity index (χ3n) is 2.21. The van der Waals surface area contributed by atoms with Crippen molar-refractivity contribution in [1.82, 2.24) is 10.3 Å². The van der Waals surface area contributed by atoms with Gasteiger partial charge in [0, 0.05) is 39.3 Å². The molecule has 68 valence electrons. The molecule has 2 radical (unpaired) electrons. The molecule has 0 spiro atoms. The van der Waals surface area contributed by atoms with Crippen LogP contribution in [0.5, 0.6) is 0 Å². The van der Waals surface area contributed by atoms with Crippen molar-refractivity contribution in [3.05, 3.63) is 30.8 Å². The summed E-state index contributed by atoms with van der Waals surface area (Å²) < 4.78 is 0. The topological polar surface area (TPSA) is 28.2 Å². The Morgan fingerprint density at radius 2 is 2.08 bits per heavy atom. The maximum atomic E-state index is 5.56. The van der Waals surface area contributed by atoms with Crippen LogP contribution in [-0.4, -0.2) is 31.2 Å². The number of nitrogens with zero attached hydrogens (tertiary/aromatic N) is 2. The highest BCUT2D eigenvalue weighted by atomic mass is 15.2. The number of anilines is 1. The molecule has 1 aromatic rings. The van der Waals surface area contributed by atoms with E-state index in [4.69, 9.17) is 6.92 Å². The van der Waals surface area contributed by atoms with Gasteiger partial charge in [0.05, 0.1) is 0 Å². The molecule has 3 nitrogen and oxygen atoms in total. The van der Waals surface area contributed by atoms with E-state index < -0.39 is 0 Å². The Balaban J connectivity index is 2.10. The minimum absolute atomic E-state index is 0.721. The molecule has 0 saturated carbocycles. The van der Waals surface area contributed by atoms with Gasteiger partial charge < -0.3 is 10.2 Å². The van der Waals surface area contributed by atoms with E-state index in [1.807, 2.05) is 12.1 Å². The van der Waals surface area contributed by atoms with Crippen LogP contribution in [0.25, 0.3) is 0 Å². The maximum absolute atomic E-state index is 5.56. The van der Waals surface area contributed by atoms with Gasteiger partial charge in [0.25, 0.3) is 0 Å². The van der Waals surface area contributed by atoms with Gasteiger partial charge in [-0.2, -0.15) is 0 Å². The second-order valence-electron chi connectivity index (χ2n) is 3.19. The highest BCUT2D eigenvalue weighted by Gasteiger charge is 2.10. The Labute approximate surface area is 78.8 Å². The molecule has 0 aromatic carbocycles. The molecule has 2 heterocycles. The van der Waals surface area contributed by atoms with Gasteiger partial charge in [-0.15, -0.1) is 0 Å². The monoisotopic (exact) mass is 175 g/mol. The highest BCUT2D eigenvalue weighted by molar-refractivity contribution is 5.40. The molecule has 13 heavy (non-hydrogen) atoms. The summed E-state index contributed by atoms with van der Waals surface area (Å²) in [6.45, 7) is 9.68. The van der Waals surface area contributed by atoms with E-state index in [9.17, 15) is 0 Å². The van der Waals surface area contributed by atoms with Gasteiger partial charge in [-0.25, -0.2) is 4.98 Å². The van der Waals surface area contributed by atoms with Crippen LogP contribution in [-0.2, 0) is 0 Å². The van der Waals surface area contributed by atoms with Crippen LogP contribution >= 0.6 is 0 Å². The first kappa shape index (κ1) is 8.51. The highest BCUT2D eigenvalue weighted by Crippen LogP contribution is 2.10. The van der Waals surface area contributed by atoms with Crippen molar-refractivity contribution in [3.8, 4) is 0 Å². The molecule has 1 fully saturated rings. The normalized spacial score (nSPS) is 17.5. The van der Waals surface area contributed by atoms with Crippen LogP contribution in [0.4, 0.5) is 5.82 Å². The molecule has 0 atom stereocenters. The summed E-state index contributed by atoms with van der Waals surface area (Å²) in [6.07, 6.45) is 1.71. The standard InChI is InChI=1S/C10H13N3/c1-9-2-3-10(12-8-9)13-6-4-11-5-7-13/h1-3,8,11H,4-7H2. The largest absolute Gasteiger partial charge is 0.354 e. The van der Waals surface area contributed by atoms with Crippen LogP contribution < -0.4 is 10.2 Å². The summed E-state index contributed by atoms with van der Waals surface area (Å²) in [4.78, 5) is 6.53. The summed E-state index contributed by atoms with van der Waals surface area (Å²) in [5, 5.41) is 3.30. The van der Waals surface area contributed by atoms with E-state index in [0.717, 1.165) is 37.6 Å². The summed E-state index contributed by atoms with van der Waals surface area (Å²) in [5.41, 5.74) is 0.721. The van der Waals surface area contributed by atoms with Crippen molar-refractivity contribution >= 4 is 5.82 Å². The minimum Gasteiger partial charge on any atom is -0.354 e. The molecule has 0 unspecified atom stereocenters. The molecule has 1 aliphatic rings. The van der Waals surface area contributed by atoms with Crippen LogP contribution in [0.3, 0.4) is 0 Å². The van der Waals surface area contributed by atoms with Crippen molar-refractivity contribution in [2.45, 2.75) is 0 Å². The second-order valence-corrected chi connectivity index (χ2v) is 3.19. The zero-order valence-corrected chi connectivity index (χ0v) is 7.53. The zero-order valence-electron chi connectivity index (χ0n) is 7.53. The number of aromatic nitrogens is 1. The van der Waals surface area contributed by atoms with Gasteiger partial charge in [-0.3, -0.25) is 0 Å². The third-order valence-corrected chi connectivity index (χ3v) is 2.21. The number of pyridine rings is 1. The van der Waals surface area contributed by atoms with Crippen LogP contribution in [0, 0.1) is 6.92 Å². The molecule has 1 N–H and O–H groups in total. The summed E-state index contributed by atoms with van der Waals surface area (Å²) in [5.74, 6) is 1.02. The number of hydrogen-bond acceptors (Lipinski definition) is 3. The number of nitrogens with one attached hydrogen (secondary N) is 1. The van der Waals surface area contributed by atoms with Crippen LogP contribution in [0.2, 0.25) is 0 Å². The fourth-order valence-electron chi connectivity index (χ4n) is 1.48. The Hall–Kier alpha value is -1.09. The lowest BCUT2D eigenvalue weighted by molar-refractivity contribution is 0.585. The lowest BCUT2D eigenvalue weighted by Crippen LogP contribution is -2.43. The van der Waals surface area contributed by atoms with Crippen LogP contribution in [0.15, 0.2) is 18.3 Å². The first-order chi connectivity index (χ1) is 6.36. The Morgan fingerprint density at radius 3 is 2.69 bits per heavy atom. The van der Waals surface area contributed by atoms with Gasteiger partial charge >= 0.3 is 0 Å². The fourth-order valence-corrected chi connectivity index (χ4v) is 1.48. The molecule has 0 bridgehead atoms. The predicted molar refractivity (Wildman–Crippen MR) is 52.7 cm³/mol. The minimum atomic E-state index is 0.721. The third kappa shape index (κ3) is 1.98. The fraction of sp³-hybridized carbons (Fsp3) is 0.400. The van der Waals surface area contributed by atoms with E-state index >= 15 is 0 Å². The predicted octanol–water partition coefficient (Wildman–Crippen LogP) is 0.550. The lowest BCUT2D eigenvalue weighted by Gasteiger charge is -2.28. The van der Waals surface area contributed by atoms with Crippen molar-refractivity contribution in [3.63, 3.8) is 0 Å². The van der Waals surface area contributed by atoms with E-state index in [-0.39, 0.29) is 0 Å². The van der Waals surface area contributed by atoms with Crippen molar-refractivity contribution in [2.75, 3.05) is 31.1 Å². The Kier molecular flexibility index (Phi) is 2.45. The lowest BCUT2D eigenvalue weighted by atomic mass is 10.3. The molecular weight excluding hydrogens is 162 g/mol. The van der Waals surface area contributed by atoms with E-state index in [1.54, 1.807) is 6.20 Å². The second kappa shape index (κ2) is 3.75. The van der Waals surface area contributed by atoms with Crippen molar-refractivity contribution < 1.29 is 0 Å². The molecule has 0 amide bonds. The summed E-state index contributed by atoms with van der Waals surface area (Å²) >= 11 is 0. The Morgan fingerprint density at radius 1 is 1.31 bits per heavy atom. The van der Waals surface area contributed by atoms with E-state index in [2.05, 4.69) is 15.2 Å². The molecule has 0 aliphatic carbocycles. The van der Waals surface area contributed by atoms with Gasteiger partial charge in [0.15, 0.2) is 0 Å². The average Bonchev–Trinajstić information content (AvgIpc) is 2.20. The quantitative estimate of drug-likeness (QED) is 0.675. The molecule has 2 rings (SSSR count). The number of piperazine rings is 1. The van der Waals surface area contributed by atoms with Gasteiger partial charge in [0.1, 0.15) is 5.82 Å². The number of hydrogen-bond donors (Lipinski definition) is 1. The number of rotatable bonds is 1. The summed E-state index contributed by atoms with van der Waals surface area (Å²) in [6, 6.07) is 3.87. The SMILES string of the molecule is [CH]c1ccc(N2CCNCC2)nc1. The van der Waals surface area contributed by atoms with E-state index in [0.29, 0.717) is 0 Å². The van der Waals surface area contributed by atoms with Crippen LogP contribution in [0.1, 0.15) is 5.56 Å². The first-order valence-electron chi connectivity index (χ1n) is 4.53. The molecule has 3 heteroatoms. The van der Waals surface area contributed by atoms with Crippen molar-refractivity contribution in [2.24, 2.45) is 0 Å².